The van der Waals surface area contributed by atoms with Crippen molar-refractivity contribution in [1.82, 2.24) is 14.9 Å². The van der Waals surface area contributed by atoms with E-state index in [1.54, 1.807) is 6.08 Å². The Morgan fingerprint density at radius 1 is 1.04 bits per heavy atom. The lowest BCUT2D eigenvalue weighted by atomic mass is 10.1. The lowest BCUT2D eigenvalue weighted by Gasteiger charge is -2.34. The number of allylic oxidation sites excluding steroid dienone is 4. The van der Waals surface area contributed by atoms with E-state index in [0.717, 1.165) is 0 Å². The number of nitrogens with zero attached hydrogens (tertiary/aromatic N) is 4. The number of hydrogen-bond donors (Lipinski definition) is 1. The summed E-state index contributed by atoms with van der Waals surface area (Å²) in [7, 11) is 1.91. The third-order valence-electron chi connectivity index (χ3n) is 4.57. The second-order valence-corrected chi connectivity index (χ2v) is 6.30. The summed E-state index contributed by atoms with van der Waals surface area (Å²) >= 11 is 0. The number of fused-ring (bicyclic) bond motifs is 1. The molecular formula is C19H20F3N5. The molecule has 0 atom stereocenters. The second kappa shape index (κ2) is 7.40. The molecule has 5 nitrogen and oxygen atoms in total. The third-order valence-corrected chi connectivity index (χ3v) is 4.57. The van der Waals surface area contributed by atoms with Gasteiger partial charge >= 0.3 is 0 Å². The predicted molar refractivity (Wildman–Crippen MR) is 102 cm³/mol. The standard InChI is InChI=1S/C19H20F3N5/c1-4-6-11(5-2)19-24-16-12(18(23)25-19)13(20)14(21)17(15(16)22)27-9-7-26(3)8-10-27/h4-6H,1-2,7-10H2,3H3,(H2,23,24,25)/b11-6+. The van der Waals surface area contributed by atoms with Crippen molar-refractivity contribution in [2.24, 2.45) is 0 Å². The Kier molecular flexibility index (Phi) is 5.18. The van der Waals surface area contributed by atoms with Crippen LogP contribution in [0.25, 0.3) is 16.5 Å². The molecule has 8 heteroatoms. The summed E-state index contributed by atoms with van der Waals surface area (Å²) in [6.07, 6.45) is 4.49. The molecule has 0 aliphatic carbocycles. The van der Waals surface area contributed by atoms with Crippen LogP contribution < -0.4 is 10.6 Å². The summed E-state index contributed by atoms with van der Waals surface area (Å²) in [4.78, 5) is 11.6. The zero-order valence-electron chi connectivity index (χ0n) is 15.0. The van der Waals surface area contributed by atoms with Gasteiger partial charge in [-0.2, -0.15) is 0 Å². The highest BCUT2D eigenvalue weighted by atomic mass is 19.2. The molecule has 1 saturated heterocycles. The second-order valence-electron chi connectivity index (χ2n) is 6.30. The van der Waals surface area contributed by atoms with E-state index in [9.17, 15) is 8.78 Å². The number of hydrogen-bond acceptors (Lipinski definition) is 5. The minimum Gasteiger partial charge on any atom is -0.383 e. The van der Waals surface area contributed by atoms with Crippen LogP contribution in [-0.4, -0.2) is 48.1 Å². The maximum absolute atomic E-state index is 15.2. The van der Waals surface area contributed by atoms with Gasteiger partial charge < -0.3 is 15.5 Å². The van der Waals surface area contributed by atoms with Gasteiger partial charge in [-0.15, -0.1) is 0 Å². The number of halogens is 3. The van der Waals surface area contributed by atoms with Crippen molar-refractivity contribution >= 4 is 28.0 Å². The summed E-state index contributed by atoms with van der Waals surface area (Å²) < 4.78 is 44.6. The van der Waals surface area contributed by atoms with Gasteiger partial charge in [0.25, 0.3) is 0 Å². The van der Waals surface area contributed by atoms with Crippen LogP contribution in [0.5, 0.6) is 0 Å². The molecule has 1 fully saturated rings. The number of piperazine rings is 1. The minimum absolute atomic E-state index is 0.0594. The van der Waals surface area contributed by atoms with Crippen molar-refractivity contribution < 1.29 is 13.2 Å². The Balaban J connectivity index is 2.26. The fourth-order valence-electron chi connectivity index (χ4n) is 3.07. The summed E-state index contributed by atoms with van der Waals surface area (Å²) in [6.45, 7) is 9.18. The Morgan fingerprint density at radius 2 is 1.70 bits per heavy atom. The van der Waals surface area contributed by atoms with Crippen molar-refractivity contribution in [2.45, 2.75) is 0 Å². The number of rotatable bonds is 4. The summed E-state index contributed by atoms with van der Waals surface area (Å²) in [6, 6.07) is 0. The fraction of sp³-hybridized carbons (Fsp3) is 0.263. The maximum Gasteiger partial charge on any atom is 0.186 e. The number of nitrogens with two attached hydrogens (primary N) is 1. The molecule has 0 amide bonds. The normalized spacial score (nSPS) is 16.0. The SMILES string of the molecule is C=C/C=C(\C=C)c1nc(N)c2c(F)c(F)c(N3CCN(C)CC3)c(F)c2n1. The topological polar surface area (TPSA) is 58.3 Å². The highest BCUT2D eigenvalue weighted by molar-refractivity contribution is 5.93. The van der Waals surface area contributed by atoms with E-state index in [1.807, 2.05) is 11.9 Å². The molecule has 1 aliphatic heterocycles. The average molecular weight is 375 g/mol. The molecule has 2 N–H and O–H groups in total. The molecule has 142 valence electrons. The quantitative estimate of drug-likeness (QED) is 0.657. The Labute approximate surface area is 155 Å². The van der Waals surface area contributed by atoms with Crippen molar-refractivity contribution in [2.75, 3.05) is 43.9 Å². The van der Waals surface area contributed by atoms with Crippen molar-refractivity contribution in [1.29, 1.82) is 0 Å². The van der Waals surface area contributed by atoms with Gasteiger partial charge in [0.05, 0.1) is 5.39 Å². The van der Waals surface area contributed by atoms with Crippen LogP contribution in [0.2, 0.25) is 0 Å². The predicted octanol–water partition coefficient (Wildman–Crippen LogP) is 3.14. The van der Waals surface area contributed by atoms with Gasteiger partial charge in [-0.05, 0) is 7.05 Å². The van der Waals surface area contributed by atoms with Gasteiger partial charge in [0, 0.05) is 31.8 Å². The van der Waals surface area contributed by atoms with E-state index in [4.69, 9.17) is 5.73 Å². The molecule has 3 rings (SSSR count). The largest absolute Gasteiger partial charge is 0.383 e. The molecule has 0 radical (unpaired) electrons. The van der Waals surface area contributed by atoms with Crippen LogP contribution in [-0.2, 0) is 0 Å². The van der Waals surface area contributed by atoms with E-state index in [0.29, 0.717) is 31.8 Å². The van der Waals surface area contributed by atoms with Gasteiger partial charge in [0.2, 0.25) is 0 Å². The van der Waals surface area contributed by atoms with Gasteiger partial charge in [-0.25, -0.2) is 23.1 Å². The van der Waals surface area contributed by atoms with E-state index in [-0.39, 0.29) is 17.2 Å². The molecule has 0 spiro atoms. The first-order chi connectivity index (χ1) is 12.9. The Bertz CT molecular complexity index is 946. The van der Waals surface area contributed by atoms with Gasteiger partial charge in [-0.1, -0.05) is 31.4 Å². The van der Waals surface area contributed by atoms with E-state index >= 15 is 4.39 Å². The number of likely N-dealkylation sites (N-methyl/N-ethyl adjacent to an activating group) is 1. The molecule has 0 bridgehead atoms. The van der Waals surface area contributed by atoms with Crippen LogP contribution >= 0.6 is 0 Å². The van der Waals surface area contributed by atoms with Crippen LogP contribution in [0.3, 0.4) is 0 Å². The highest BCUT2D eigenvalue weighted by Gasteiger charge is 2.29. The molecule has 1 aliphatic rings. The number of benzene rings is 1. The smallest absolute Gasteiger partial charge is 0.186 e. The molecule has 2 heterocycles. The highest BCUT2D eigenvalue weighted by Crippen LogP contribution is 2.35. The number of aromatic nitrogens is 2. The summed E-state index contributed by atoms with van der Waals surface area (Å²) in [5.74, 6) is -3.77. The first kappa shape index (κ1) is 18.9. The van der Waals surface area contributed by atoms with Gasteiger partial charge in [0.1, 0.15) is 17.0 Å². The molecule has 0 unspecified atom stereocenters. The van der Waals surface area contributed by atoms with Crippen molar-refractivity contribution in [3.8, 4) is 0 Å². The van der Waals surface area contributed by atoms with E-state index < -0.39 is 28.5 Å². The van der Waals surface area contributed by atoms with Crippen LogP contribution in [0.1, 0.15) is 5.82 Å². The third kappa shape index (κ3) is 3.28. The van der Waals surface area contributed by atoms with Crippen molar-refractivity contribution in [3.63, 3.8) is 0 Å². The van der Waals surface area contributed by atoms with Crippen LogP contribution in [0, 0.1) is 17.5 Å². The Hall–Kier alpha value is -2.87. The fourth-order valence-corrected chi connectivity index (χ4v) is 3.07. The average Bonchev–Trinajstić information content (AvgIpc) is 2.65. The van der Waals surface area contributed by atoms with E-state index in [1.165, 1.54) is 17.1 Å². The zero-order chi connectivity index (χ0) is 19.7. The molecule has 1 aromatic heterocycles. The summed E-state index contributed by atoms with van der Waals surface area (Å²) in [5.41, 5.74) is 5.45. The van der Waals surface area contributed by atoms with E-state index in [2.05, 4.69) is 23.1 Å². The number of anilines is 2. The first-order valence-electron chi connectivity index (χ1n) is 8.41. The van der Waals surface area contributed by atoms with Crippen LogP contribution in [0.4, 0.5) is 24.7 Å². The molecule has 2 aromatic rings. The molecular weight excluding hydrogens is 355 g/mol. The maximum atomic E-state index is 15.2. The van der Waals surface area contributed by atoms with Crippen molar-refractivity contribution in [3.05, 3.63) is 54.7 Å². The minimum atomic E-state index is -1.28. The number of nitrogen functional groups attached to an aromatic ring is 1. The summed E-state index contributed by atoms with van der Waals surface area (Å²) in [5, 5.41) is -0.464. The Morgan fingerprint density at radius 3 is 2.30 bits per heavy atom. The van der Waals surface area contributed by atoms with Gasteiger partial charge in [-0.3, -0.25) is 0 Å². The molecule has 1 aromatic carbocycles. The molecule has 27 heavy (non-hydrogen) atoms. The molecule has 0 saturated carbocycles. The first-order valence-corrected chi connectivity index (χ1v) is 8.41. The van der Waals surface area contributed by atoms with Gasteiger partial charge in [0.15, 0.2) is 23.3 Å². The van der Waals surface area contributed by atoms with Crippen LogP contribution in [0.15, 0.2) is 31.4 Å². The zero-order valence-corrected chi connectivity index (χ0v) is 15.0. The lowest BCUT2D eigenvalue weighted by Crippen LogP contribution is -2.45. The monoisotopic (exact) mass is 375 g/mol. The lowest BCUT2D eigenvalue weighted by molar-refractivity contribution is 0.310.